The lowest BCUT2D eigenvalue weighted by Crippen LogP contribution is -2.27. The molecule has 0 aromatic heterocycles. The van der Waals surface area contributed by atoms with Crippen LogP contribution in [0.25, 0.3) is 0 Å². The normalized spacial score (nSPS) is 16.9. The molecule has 0 amide bonds. The summed E-state index contributed by atoms with van der Waals surface area (Å²) in [6.45, 7) is 9.36. The number of rotatable bonds is 5. The van der Waals surface area contributed by atoms with Crippen LogP contribution < -0.4 is 0 Å². The number of aliphatic hydroxyl groups is 1. The fraction of sp³-hybridized carbons (Fsp3) is 1.00. The highest BCUT2D eigenvalue weighted by atomic mass is 16.5. The number of aliphatic hydroxyl groups excluding tert-OH is 1. The van der Waals surface area contributed by atoms with E-state index in [1.165, 1.54) is 0 Å². The molecular formula is C9H20O2. The average molecular weight is 160 g/mol. The van der Waals surface area contributed by atoms with Gasteiger partial charge < -0.3 is 9.84 Å². The van der Waals surface area contributed by atoms with Gasteiger partial charge in [0.05, 0.1) is 12.7 Å². The molecule has 0 radical (unpaired) electrons. The van der Waals surface area contributed by atoms with Gasteiger partial charge in [-0.2, -0.15) is 0 Å². The lowest BCUT2D eigenvalue weighted by Gasteiger charge is -2.21. The Morgan fingerprint density at radius 2 is 1.82 bits per heavy atom. The zero-order valence-electron chi connectivity index (χ0n) is 8.00. The average Bonchev–Trinajstić information content (AvgIpc) is 1.98. The topological polar surface area (TPSA) is 29.5 Å². The van der Waals surface area contributed by atoms with Crippen LogP contribution in [0.1, 0.15) is 27.7 Å². The molecule has 0 heterocycles. The third-order valence-corrected chi connectivity index (χ3v) is 2.15. The van der Waals surface area contributed by atoms with Crippen molar-refractivity contribution >= 4 is 0 Å². The van der Waals surface area contributed by atoms with Crippen LogP contribution in [0.3, 0.4) is 0 Å². The Morgan fingerprint density at radius 3 is 2.18 bits per heavy atom. The Balaban J connectivity index is 3.55. The maximum Gasteiger partial charge on any atom is 0.0801 e. The first-order valence-electron chi connectivity index (χ1n) is 4.35. The third-order valence-electron chi connectivity index (χ3n) is 2.15. The Morgan fingerprint density at radius 1 is 1.27 bits per heavy atom. The fourth-order valence-corrected chi connectivity index (χ4v) is 0.835. The lowest BCUT2D eigenvalue weighted by atomic mass is 9.93. The molecule has 0 spiro atoms. The summed E-state index contributed by atoms with van der Waals surface area (Å²) < 4.78 is 5.12. The molecule has 68 valence electrons. The van der Waals surface area contributed by atoms with E-state index in [0.29, 0.717) is 25.0 Å². The lowest BCUT2D eigenvalue weighted by molar-refractivity contribution is 0.00183. The van der Waals surface area contributed by atoms with Crippen molar-refractivity contribution in [3.05, 3.63) is 0 Å². The molecule has 0 saturated carbocycles. The Hall–Kier alpha value is -0.0800. The van der Waals surface area contributed by atoms with Crippen LogP contribution in [0.5, 0.6) is 0 Å². The second-order valence-corrected chi connectivity index (χ2v) is 3.33. The molecule has 2 heteroatoms. The van der Waals surface area contributed by atoms with Gasteiger partial charge in [0.25, 0.3) is 0 Å². The summed E-state index contributed by atoms with van der Waals surface area (Å²) in [4.78, 5) is 0. The van der Waals surface area contributed by atoms with Gasteiger partial charge in [-0.15, -0.1) is 0 Å². The SMILES string of the molecule is CCOCC(O)C(C)C(C)C. The summed E-state index contributed by atoms with van der Waals surface area (Å²) in [5, 5.41) is 9.49. The molecule has 2 atom stereocenters. The second kappa shape index (κ2) is 5.56. The predicted octanol–water partition coefficient (Wildman–Crippen LogP) is 1.68. The minimum absolute atomic E-state index is 0.310. The summed E-state index contributed by atoms with van der Waals surface area (Å²) in [6, 6.07) is 0. The molecule has 0 aliphatic rings. The van der Waals surface area contributed by atoms with E-state index < -0.39 is 0 Å². The molecule has 0 aromatic carbocycles. The van der Waals surface area contributed by atoms with Crippen molar-refractivity contribution in [3.63, 3.8) is 0 Å². The second-order valence-electron chi connectivity index (χ2n) is 3.33. The van der Waals surface area contributed by atoms with E-state index in [4.69, 9.17) is 4.74 Å². The van der Waals surface area contributed by atoms with Crippen LogP contribution in [0.2, 0.25) is 0 Å². The van der Waals surface area contributed by atoms with Gasteiger partial charge in [-0.1, -0.05) is 20.8 Å². The van der Waals surface area contributed by atoms with Crippen LogP contribution in [-0.4, -0.2) is 24.4 Å². The van der Waals surface area contributed by atoms with Gasteiger partial charge in [-0.3, -0.25) is 0 Å². The van der Waals surface area contributed by atoms with E-state index >= 15 is 0 Å². The number of hydrogen-bond donors (Lipinski definition) is 1. The van der Waals surface area contributed by atoms with Crippen LogP contribution >= 0.6 is 0 Å². The third kappa shape index (κ3) is 4.38. The van der Waals surface area contributed by atoms with Crippen molar-refractivity contribution in [2.24, 2.45) is 11.8 Å². The van der Waals surface area contributed by atoms with E-state index in [1.54, 1.807) is 0 Å². The molecule has 0 fully saturated rings. The van der Waals surface area contributed by atoms with Crippen LogP contribution in [-0.2, 0) is 4.74 Å². The minimum atomic E-state index is -0.310. The Kier molecular flexibility index (Phi) is 5.51. The van der Waals surface area contributed by atoms with Gasteiger partial charge in [0.2, 0.25) is 0 Å². The van der Waals surface area contributed by atoms with E-state index in [9.17, 15) is 5.11 Å². The van der Waals surface area contributed by atoms with Gasteiger partial charge in [-0.25, -0.2) is 0 Å². The van der Waals surface area contributed by atoms with Gasteiger partial charge in [0.15, 0.2) is 0 Å². The summed E-state index contributed by atoms with van der Waals surface area (Å²) >= 11 is 0. The van der Waals surface area contributed by atoms with Crippen molar-refractivity contribution in [2.75, 3.05) is 13.2 Å². The van der Waals surface area contributed by atoms with Crippen molar-refractivity contribution < 1.29 is 9.84 Å². The van der Waals surface area contributed by atoms with Gasteiger partial charge >= 0.3 is 0 Å². The zero-order chi connectivity index (χ0) is 8.85. The van der Waals surface area contributed by atoms with Crippen LogP contribution in [0.4, 0.5) is 0 Å². The highest BCUT2D eigenvalue weighted by Gasteiger charge is 2.16. The molecular weight excluding hydrogens is 140 g/mol. The predicted molar refractivity (Wildman–Crippen MR) is 46.5 cm³/mol. The number of hydrogen-bond acceptors (Lipinski definition) is 2. The van der Waals surface area contributed by atoms with Crippen molar-refractivity contribution in [1.29, 1.82) is 0 Å². The molecule has 0 bridgehead atoms. The molecule has 0 saturated heterocycles. The Bertz CT molecular complexity index is 91.6. The zero-order valence-corrected chi connectivity index (χ0v) is 8.00. The molecule has 0 aliphatic carbocycles. The van der Waals surface area contributed by atoms with Gasteiger partial charge in [0.1, 0.15) is 0 Å². The maximum atomic E-state index is 9.49. The van der Waals surface area contributed by atoms with Crippen molar-refractivity contribution in [2.45, 2.75) is 33.8 Å². The van der Waals surface area contributed by atoms with Gasteiger partial charge in [0, 0.05) is 6.61 Å². The van der Waals surface area contributed by atoms with Crippen molar-refractivity contribution in [1.82, 2.24) is 0 Å². The van der Waals surface area contributed by atoms with E-state index in [-0.39, 0.29) is 6.10 Å². The molecule has 1 N–H and O–H groups in total. The first-order valence-corrected chi connectivity index (χ1v) is 4.35. The molecule has 0 rings (SSSR count). The molecule has 2 unspecified atom stereocenters. The van der Waals surface area contributed by atoms with E-state index in [1.807, 2.05) is 13.8 Å². The van der Waals surface area contributed by atoms with E-state index in [0.717, 1.165) is 0 Å². The van der Waals surface area contributed by atoms with Gasteiger partial charge in [-0.05, 0) is 18.8 Å². The Labute approximate surface area is 69.6 Å². The van der Waals surface area contributed by atoms with Crippen molar-refractivity contribution in [3.8, 4) is 0 Å². The quantitative estimate of drug-likeness (QED) is 0.663. The summed E-state index contributed by atoms with van der Waals surface area (Å²) in [6.07, 6.45) is -0.310. The smallest absolute Gasteiger partial charge is 0.0801 e. The van der Waals surface area contributed by atoms with E-state index in [2.05, 4.69) is 13.8 Å². The maximum absolute atomic E-state index is 9.49. The molecule has 2 nitrogen and oxygen atoms in total. The fourth-order valence-electron chi connectivity index (χ4n) is 0.835. The molecule has 0 aromatic rings. The minimum Gasteiger partial charge on any atom is -0.390 e. The summed E-state index contributed by atoms with van der Waals surface area (Å²) in [5.41, 5.74) is 0. The first-order chi connectivity index (χ1) is 5.09. The van der Waals surface area contributed by atoms with Crippen LogP contribution in [0, 0.1) is 11.8 Å². The highest BCUT2D eigenvalue weighted by molar-refractivity contribution is 4.66. The monoisotopic (exact) mass is 160 g/mol. The highest BCUT2D eigenvalue weighted by Crippen LogP contribution is 2.14. The standard InChI is InChI=1S/C9H20O2/c1-5-11-6-9(10)8(4)7(2)3/h7-10H,5-6H2,1-4H3. The first kappa shape index (κ1) is 10.9. The molecule has 0 aliphatic heterocycles. The molecule has 11 heavy (non-hydrogen) atoms. The number of ether oxygens (including phenoxy) is 1. The largest absolute Gasteiger partial charge is 0.390 e. The summed E-state index contributed by atoms with van der Waals surface area (Å²) in [5.74, 6) is 0.840. The van der Waals surface area contributed by atoms with Crippen LogP contribution in [0.15, 0.2) is 0 Å². The summed E-state index contributed by atoms with van der Waals surface area (Å²) in [7, 11) is 0.